The SMILES string of the molecule is O=C(O)c1ccc2c(c1)CN(C(=O)C(F)(F)F)CCN2. The predicted octanol–water partition coefficient (Wildman–Crippen LogP) is 1.70. The quantitative estimate of drug-likeness (QED) is 0.825. The number of carboxylic acids is 1. The van der Waals surface area contributed by atoms with Gasteiger partial charge < -0.3 is 15.3 Å². The van der Waals surface area contributed by atoms with Gasteiger partial charge in [-0.1, -0.05) is 0 Å². The molecule has 0 aliphatic carbocycles. The summed E-state index contributed by atoms with van der Waals surface area (Å²) in [4.78, 5) is 22.8. The number of carbonyl (C=O) groups is 2. The van der Waals surface area contributed by atoms with E-state index in [-0.39, 0.29) is 25.2 Å². The first-order valence-corrected chi connectivity index (χ1v) is 5.75. The second kappa shape index (κ2) is 5.03. The number of amides is 1. The van der Waals surface area contributed by atoms with E-state index in [1.165, 1.54) is 18.2 Å². The van der Waals surface area contributed by atoms with E-state index in [9.17, 15) is 22.8 Å². The van der Waals surface area contributed by atoms with Gasteiger partial charge in [0.15, 0.2) is 0 Å². The van der Waals surface area contributed by atoms with Crippen molar-refractivity contribution in [2.24, 2.45) is 0 Å². The predicted molar refractivity (Wildman–Crippen MR) is 63.4 cm³/mol. The molecule has 1 amide bonds. The molecule has 1 aliphatic heterocycles. The second-order valence-corrected chi connectivity index (χ2v) is 4.33. The number of hydrogen-bond donors (Lipinski definition) is 2. The lowest BCUT2D eigenvalue weighted by Crippen LogP contribution is -2.41. The Hall–Kier alpha value is -2.25. The molecule has 20 heavy (non-hydrogen) atoms. The smallest absolute Gasteiger partial charge is 0.471 e. The van der Waals surface area contributed by atoms with Crippen LogP contribution in [0.3, 0.4) is 0 Å². The minimum Gasteiger partial charge on any atom is -0.478 e. The molecule has 5 nitrogen and oxygen atoms in total. The zero-order valence-electron chi connectivity index (χ0n) is 10.2. The number of halogens is 3. The van der Waals surface area contributed by atoms with Crippen molar-refractivity contribution in [3.05, 3.63) is 29.3 Å². The van der Waals surface area contributed by atoms with Gasteiger partial charge in [0.1, 0.15) is 0 Å². The maximum Gasteiger partial charge on any atom is 0.471 e. The van der Waals surface area contributed by atoms with Crippen molar-refractivity contribution in [3.63, 3.8) is 0 Å². The molecule has 1 aromatic rings. The molecule has 1 heterocycles. The number of fused-ring (bicyclic) bond motifs is 1. The molecule has 0 fully saturated rings. The first-order chi connectivity index (χ1) is 9.29. The van der Waals surface area contributed by atoms with Gasteiger partial charge in [0, 0.05) is 25.3 Å². The average Bonchev–Trinajstić information content (AvgIpc) is 2.57. The Morgan fingerprint density at radius 3 is 2.60 bits per heavy atom. The highest BCUT2D eigenvalue weighted by molar-refractivity contribution is 5.89. The Labute approximate surface area is 112 Å². The normalized spacial score (nSPS) is 15.1. The van der Waals surface area contributed by atoms with Crippen LogP contribution < -0.4 is 5.32 Å². The number of nitrogens with one attached hydrogen (secondary N) is 1. The van der Waals surface area contributed by atoms with Gasteiger partial charge in [0.25, 0.3) is 0 Å². The number of aromatic carboxylic acids is 1. The Bertz CT molecular complexity index is 557. The maximum atomic E-state index is 12.4. The van der Waals surface area contributed by atoms with E-state index in [1.807, 2.05) is 0 Å². The number of alkyl halides is 3. The van der Waals surface area contributed by atoms with Crippen molar-refractivity contribution in [2.75, 3.05) is 18.4 Å². The molecule has 0 radical (unpaired) electrons. The first kappa shape index (κ1) is 14.2. The summed E-state index contributed by atoms with van der Waals surface area (Å²) in [5.41, 5.74) is 0.847. The van der Waals surface area contributed by atoms with Crippen LogP contribution in [0.5, 0.6) is 0 Å². The molecule has 8 heteroatoms. The van der Waals surface area contributed by atoms with Crippen LogP contribution in [-0.2, 0) is 11.3 Å². The van der Waals surface area contributed by atoms with Gasteiger partial charge in [0.05, 0.1) is 5.56 Å². The lowest BCUT2D eigenvalue weighted by molar-refractivity contribution is -0.185. The summed E-state index contributed by atoms with van der Waals surface area (Å²) in [6, 6.07) is 4.11. The molecule has 0 atom stereocenters. The van der Waals surface area contributed by atoms with Crippen molar-refractivity contribution in [1.82, 2.24) is 4.90 Å². The minimum absolute atomic E-state index is 0.0353. The second-order valence-electron chi connectivity index (χ2n) is 4.33. The Kier molecular flexibility index (Phi) is 3.56. The van der Waals surface area contributed by atoms with Gasteiger partial charge in [-0.15, -0.1) is 0 Å². The maximum absolute atomic E-state index is 12.4. The van der Waals surface area contributed by atoms with Crippen molar-refractivity contribution >= 4 is 17.6 Å². The van der Waals surface area contributed by atoms with Gasteiger partial charge >= 0.3 is 18.1 Å². The van der Waals surface area contributed by atoms with Crippen LogP contribution in [0.25, 0.3) is 0 Å². The molecular weight excluding hydrogens is 277 g/mol. The number of benzene rings is 1. The topological polar surface area (TPSA) is 69.6 Å². The van der Waals surface area contributed by atoms with E-state index >= 15 is 0 Å². The molecule has 0 spiro atoms. The van der Waals surface area contributed by atoms with Crippen LogP contribution in [0, 0.1) is 0 Å². The van der Waals surface area contributed by atoms with Crippen molar-refractivity contribution in [3.8, 4) is 0 Å². The molecule has 0 saturated carbocycles. The molecule has 0 saturated heterocycles. The summed E-state index contributed by atoms with van der Waals surface area (Å²) < 4.78 is 37.3. The summed E-state index contributed by atoms with van der Waals surface area (Å²) >= 11 is 0. The van der Waals surface area contributed by atoms with Crippen LogP contribution >= 0.6 is 0 Å². The average molecular weight is 288 g/mol. The molecule has 2 N–H and O–H groups in total. The van der Waals surface area contributed by atoms with Gasteiger partial charge in [0.2, 0.25) is 0 Å². The lowest BCUT2D eigenvalue weighted by atomic mass is 10.1. The Balaban J connectivity index is 2.31. The molecule has 0 bridgehead atoms. The molecule has 0 unspecified atom stereocenters. The van der Waals surface area contributed by atoms with Crippen molar-refractivity contribution < 1.29 is 27.9 Å². The van der Waals surface area contributed by atoms with Crippen LogP contribution in [0.15, 0.2) is 18.2 Å². The van der Waals surface area contributed by atoms with Crippen LogP contribution in [0.4, 0.5) is 18.9 Å². The summed E-state index contributed by atoms with van der Waals surface area (Å²) in [5.74, 6) is -3.10. The first-order valence-electron chi connectivity index (χ1n) is 5.75. The number of hydrogen-bond acceptors (Lipinski definition) is 3. The summed E-state index contributed by atoms with van der Waals surface area (Å²) in [6.07, 6.45) is -4.94. The molecule has 108 valence electrons. The summed E-state index contributed by atoms with van der Waals surface area (Å²) in [5, 5.41) is 11.8. The third kappa shape index (κ3) is 2.84. The summed E-state index contributed by atoms with van der Waals surface area (Å²) in [7, 11) is 0. The van der Waals surface area contributed by atoms with E-state index in [4.69, 9.17) is 5.11 Å². The van der Waals surface area contributed by atoms with E-state index in [0.29, 0.717) is 16.2 Å². The van der Waals surface area contributed by atoms with E-state index < -0.39 is 18.1 Å². The minimum atomic E-state index is -4.94. The third-order valence-electron chi connectivity index (χ3n) is 2.94. The van der Waals surface area contributed by atoms with Gasteiger partial charge in [-0.3, -0.25) is 4.79 Å². The Morgan fingerprint density at radius 2 is 2.00 bits per heavy atom. The largest absolute Gasteiger partial charge is 0.478 e. The fraction of sp³-hybridized carbons (Fsp3) is 0.333. The van der Waals surface area contributed by atoms with E-state index in [2.05, 4.69) is 5.32 Å². The van der Waals surface area contributed by atoms with Crippen LogP contribution in [0.1, 0.15) is 15.9 Å². The van der Waals surface area contributed by atoms with Crippen LogP contribution in [0.2, 0.25) is 0 Å². The Morgan fingerprint density at radius 1 is 1.30 bits per heavy atom. The molecule has 1 aromatic carbocycles. The fourth-order valence-electron chi connectivity index (χ4n) is 1.99. The van der Waals surface area contributed by atoms with Crippen LogP contribution in [-0.4, -0.2) is 41.1 Å². The van der Waals surface area contributed by atoms with Crippen molar-refractivity contribution in [1.29, 1.82) is 0 Å². The highest BCUT2D eigenvalue weighted by Gasteiger charge is 2.42. The summed E-state index contributed by atoms with van der Waals surface area (Å²) in [6.45, 7) is -0.210. The van der Waals surface area contributed by atoms with Crippen molar-refractivity contribution in [2.45, 2.75) is 12.7 Å². The zero-order valence-corrected chi connectivity index (χ0v) is 10.2. The van der Waals surface area contributed by atoms with Gasteiger partial charge in [-0.25, -0.2) is 4.79 Å². The number of rotatable bonds is 1. The number of carbonyl (C=O) groups excluding carboxylic acids is 1. The third-order valence-corrected chi connectivity index (χ3v) is 2.94. The number of nitrogens with zero attached hydrogens (tertiary/aromatic N) is 1. The van der Waals surface area contributed by atoms with Gasteiger partial charge in [-0.2, -0.15) is 13.2 Å². The highest BCUT2D eigenvalue weighted by Crippen LogP contribution is 2.25. The molecular formula is C12H11F3N2O3. The van der Waals surface area contributed by atoms with E-state index in [1.54, 1.807) is 0 Å². The lowest BCUT2D eigenvalue weighted by Gasteiger charge is -2.21. The molecule has 2 rings (SSSR count). The number of carboxylic acid groups (broad SMARTS) is 1. The highest BCUT2D eigenvalue weighted by atomic mass is 19.4. The fourth-order valence-corrected chi connectivity index (χ4v) is 1.99. The monoisotopic (exact) mass is 288 g/mol. The molecule has 1 aliphatic rings. The van der Waals surface area contributed by atoms with E-state index in [0.717, 1.165) is 0 Å². The van der Waals surface area contributed by atoms with Gasteiger partial charge in [-0.05, 0) is 23.8 Å². The zero-order chi connectivity index (χ0) is 14.9. The molecule has 0 aromatic heterocycles. The number of anilines is 1. The standard InChI is InChI=1S/C12H11F3N2O3/c13-12(14,15)11(20)17-4-3-16-9-2-1-7(10(18)19)5-8(9)6-17/h1-2,5,16H,3-4,6H2,(H,18,19).